The van der Waals surface area contributed by atoms with Gasteiger partial charge in [-0.05, 0) is 86.3 Å². The Hall–Kier alpha value is -3.87. The van der Waals surface area contributed by atoms with Gasteiger partial charge in [0.25, 0.3) is 11.8 Å². The van der Waals surface area contributed by atoms with Crippen LogP contribution in [-0.2, 0) is 9.59 Å². The monoisotopic (exact) mass is 433 g/mol. The Labute approximate surface area is 187 Å². The molecule has 1 aromatic heterocycles. The number of carbonyl (C=O) groups excluding carboxylic acids is 2. The molecule has 2 aromatic carbocycles. The van der Waals surface area contributed by atoms with Crippen molar-refractivity contribution in [2.75, 3.05) is 23.8 Å². The summed E-state index contributed by atoms with van der Waals surface area (Å²) >= 11 is 0. The third-order valence-electron chi connectivity index (χ3n) is 4.98. The molecule has 3 aromatic rings. The maximum absolute atomic E-state index is 12.2. The third kappa shape index (κ3) is 6.57. The zero-order valence-corrected chi connectivity index (χ0v) is 18.7. The summed E-state index contributed by atoms with van der Waals surface area (Å²) in [6, 6.07) is 16.3. The number of hydrogen-bond donors (Lipinski definition) is 2. The van der Waals surface area contributed by atoms with E-state index in [0.29, 0.717) is 23.1 Å². The molecule has 166 valence electrons. The highest BCUT2D eigenvalue weighted by Gasteiger charge is 2.09. The predicted octanol–water partition coefficient (Wildman–Crippen LogP) is 4.35. The van der Waals surface area contributed by atoms with Gasteiger partial charge in [-0.25, -0.2) is 4.98 Å². The number of anilines is 2. The standard InChI is InChI=1S/C25H27N3O4/c1-16-8-10-20(12-18(16)3)31-14-24(29)27-22-6-5-7-23(26-22)28-25(30)15-32-21-11-9-17(2)19(4)13-21/h5-13H,14-15H2,1-4H3,(H2,26,27,28,29,30). The predicted molar refractivity (Wildman–Crippen MR) is 124 cm³/mol. The van der Waals surface area contributed by atoms with Gasteiger partial charge in [-0.1, -0.05) is 18.2 Å². The van der Waals surface area contributed by atoms with Crippen molar-refractivity contribution in [1.29, 1.82) is 0 Å². The lowest BCUT2D eigenvalue weighted by atomic mass is 10.1. The summed E-state index contributed by atoms with van der Waals surface area (Å²) in [4.78, 5) is 28.6. The van der Waals surface area contributed by atoms with E-state index in [1.165, 1.54) is 0 Å². The van der Waals surface area contributed by atoms with E-state index < -0.39 is 0 Å². The van der Waals surface area contributed by atoms with Gasteiger partial charge in [0.1, 0.15) is 23.1 Å². The highest BCUT2D eigenvalue weighted by molar-refractivity contribution is 5.93. The molecule has 1 heterocycles. The van der Waals surface area contributed by atoms with Crippen molar-refractivity contribution in [3.05, 3.63) is 76.9 Å². The summed E-state index contributed by atoms with van der Waals surface area (Å²) < 4.78 is 11.1. The quantitative estimate of drug-likeness (QED) is 0.551. The molecule has 0 spiro atoms. The second kappa shape index (κ2) is 10.4. The molecule has 0 aliphatic carbocycles. The molecule has 2 N–H and O–H groups in total. The smallest absolute Gasteiger partial charge is 0.263 e. The normalized spacial score (nSPS) is 10.4. The average molecular weight is 434 g/mol. The minimum atomic E-state index is -0.350. The number of amides is 2. The SMILES string of the molecule is Cc1ccc(OCC(=O)Nc2cccc(NC(=O)COc3ccc(C)c(C)c3)n2)cc1C. The van der Waals surface area contributed by atoms with E-state index in [1.807, 2.05) is 64.1 Å². The molecule has 0 fully saturated rings. The van der Waals surface area contributed by atoms with Gasteiger partial charge in [-0.2, -0.15) is 0 Å². The lowest BCUT2D eigenvalue weighted by Gasteiger charge is -2.11. The Kier molecular flexibility index (Phi) is 7.44. The molecule has 0 saturated carbocycles. The Morgan fingerprint density at radius 2 is 1.12 bits per heavy atom. The van der Waals surface area contributed by atoms with E-state index in [9.17, 15) is 9.59 Å². The lowest BCUT2D eigenvalue weighted by molar-refractivity contribution is -0.118. The number of hydrogen-bond acceptors (Lipinski definition) is 5. The number of aryl methyl sites for hydroxylation is 4. The van der Waals surface area contributed by atoms with Crippen molar-refractivity contribution in [3.63, 3.8) is 0 Å². The third-order valence-corrected chi connectivity index (χ3v) is 4.98. The Morgan fingerprint density at radius 3 is 1.53 bits per heavy atom. The molecule has 0 saturated heterocycles. The highest BCUT2D eigenvalue weighted by atomic mass is 16.5. The van der Waals surface area contributed by atoms with E-state index in [-0.39, 0.29) is 25.0 Å². The van der Waals surface area contributed by atoms with Gasteiger partial charge in [0.05, 0.1) is 0 Å². The maximum atomic E-state index is 12.2. The number of rotatable bonds is 8. The number of benzene rings is 2. The van der Waals surface area contributed by atoms with Crippen LogP contribution in [0.1, 0.15) is 22.3 Å². The maximum Gasteiger partial charge on any atom is 0.263 e. The van der Waals surface area contributed by atoms with Crippen LogP contribution in [0.25, 0.3) is 0 Å². The first kappa shape index (κ1) is 22.8. The van der Waals surface area contributed by atoms with Crippen LogP contribution in [0.2, 0.25) is 0 Å². The number of carbonyl (C=O) groups is 2. The highest BCUT2D eigenvalue weighted by Crippen LogP contribution is 2.17. The molecule has 0 bridgehead atoms. The summed E-state index contributed by atoms with van der Waals surface area (Å²) in [5.74, 6) is 1.18. The Morgan fingerprint density at radius 1 is 0.688 bits per heavy atom. The van der Waals surface area contributed by atoms with Gasteiger partial charge in [-0.15, -0.1) is 0 Å². The zero-order chi connectivity index (χ0) is 23.1. The molecule has 0 unspecified atom stereocenters. The molecule has 7 nitrogen and oxygen atoms in total. The van der Waals surface area contributed by atoms with Crippen molar-refractivity contribution in [3.8, 4) is 11.5 Å². The van der Waals surface area contributed by atoms with Crippen LogP contribution in [0.3, 0.4) is 0 Å². The first-order valence-corrected chi connectivity index (χ1v) is 10.3. The molecular formula is C25H27N3O4. The van der Waals surface area contributed by atoms with Crippen LogP contribution in [-0.4, -0.2) is 30.0 Å². The van der Waals surface area contributed by atoms with Crippen molar-refractivity contribution in [2.45, 2.75) is 27.7 Å². The van der Waals surface area contributed by atoms with Crippen molar-refractivity contribution in [2.24, 2.45) is 0 Å². The van der Waals surface area contributed by atoms with Crippen LogP contribution in [0, 0.1) is 27.7 Å². The van der Waals surface area contributed by atoms with Crippen LogP contribution in [0.15, 0.2) is 54.6 Å². The van der Waals surface area contributed by atoms with Gasteiger partial charge in [0, 0.05) is 0 Å². The molecule has 0 atom stereocenters. The van der Waals surface area contributed by atoms with Crippen LogP contribution in [0.4, 0.5) is 11.6 Å². The second-order valence-electron chi connectivity index (χ2n) is 7.57. The molecular weight excluding hydrogens is 406 g/mol. The molecule has 3 rings (SSSR count). The number of pyridine rings is 1. The fourth-order valence-electron chi connectivity index (χ4n) is 2.84. The van der Waals surface area contributed by atoms with Crippen LogP contribution >= 0.6 is 0 Å². The van der Waals surface area contributed by atoms with Gasteiger partial charge in [-0.3, -0.25) is 9.59 Å². The van der Waals surface area contributed by atoms with Gasteiger partial charge < -0.3 is 20.1 Å². The number of nitrogens with zero attached hydrogens (tertiary/aromatic N) is 1. The molecule has 2 amide bonds. The number of ether oxygens (including phenoxy) is 2. The van der Waals surface area contributed by atoms with Crippen LogP contribution < -0.4 is 20.1 Å². The Bertz CT molecular complexity index is 1040. The molecule has 0 aliphatic rings. The van der Waals surface area contributed by atoms with Crippen molar-refractivity contribution in [1.82, 2.24) is 4.98 Å². The molecule has 0 aliphatic heterocycles. The summed E-state index contributed by atoms with van der Waals surface area (Å²) in [5, 5.41) is 5.33. The number of nitrogens with one attached hydrogen (secondary N) is 2. The Balaban J connectivity index is 1.49. The lowest BCUT2D eigenvalue weighted by Crippen LogP contribution is -2.22. The van der Waals surface area contributed by atoms with Gasteiger partial charge in [0.15, 0.2) is 13.2 Å². The van der Waals surface area contributed by atoms with Gasteiger partial charge >= 0.3 is 0 Å². The van der Waals surface area contributed by atoms with Crippen molar-refractivity contribution >= 4 is 23.5 Å². The summed E-state index contributed by atoms with van der Waals surface area (Å²) in [7, 11) is 0. The largest absolute Gasteiger partial charge is 0.484 e. The van der Waals surface area contributed by atoms with E-state index in [2.05, 4.69) is 15.6 Å². The van der Waals surface area contributed by atoms with Crippen LogP contribution in [0.5, 0.6) is 11.5 Å². The van der Waals surface area contributed by atoms with Gasteiger partial charge in [0.2, 0.25) is 0 Å². The summed E-state index contributed by atoms with van der Waals surface area (Å²) in [6.45, 7) is 7.70. The molecule has 0 radical (unpaired) electrons. The molecule has 32 heavy (non-hydrogen) atoms. The minimum absolute atomic E-state index is 0.148. The summed E-state index contributed by atoms with van der Waals surface area (Å²) in [5.41, 5.74) is 4.50. The zero-order valence-electron chi connectivity index (χ0n) is 18.7. The van der Waals surface area contributed by atoms with E-state index in [4.69, 9.17) is 9.47 Å². The van der Waals surface area contributed by atoms with E-state index >= 15 is 0 Å². The second-order valence-corrected chi connectivity index (χ2v) is 7.57. The summed E-state index contributed by atoms with van der Waals surface area (Å²) in [6.07, 6.45) is 0. The number of aromatic nitrogens is 1. The average Bonchev–Trinajstić information content (AvgIpc) is 2.75. The fraction of sp³-hybridized carbons (Fsp3) is 0.240. The fourth-order valence-corrected chi connectivity index (χ4v) is 2.84. The molecule has 7 heteroatoms. The first-order chi connectivity index (χ1) is 15.3. The van der Waals surface area contributed by atoms with Crippen molar-refractivity contribution < 1.29 is 19.1 Å². The topological polar surface area (TPSA) is 89.6 Å². The van der Waals surface area contributed by atoms with E-state index in [0.717, 1.165) is 22.3 Å². The minimum Gasteiger partial charge on any atom is -0.484 e. The van der Waals surface area contributed by atoms with E-state index in [1.54, 1.807) is 18.2 Å². The first-order valence-electron chi connectivity index (χ1n) is 10.3.